The van der Waals surface area contributed by atoms with Crippen LogP contribution in [-0.4, -0.2) is 27.8 Å². The normalized spacial score (nSPS) is 13.3. The van der Waals surface area contributed by atoms with E-state index in [1.54, 1.807) is 34.6 Å². The maximum Gasteiger partial charge on any atom is 0.375 e. The molecule has 0 aliphatic carbocycles. The van der Waals surface area contributed by atoms with E-state index in [0.29, 0.717) is 0 Å². The Morgan fingerprint density at radius 1 is 1.06 bits per heavy atom. The molecule has 0 amide bonds. The summed E-state index contributed by atoms with van der Waals surface area (Å²) in [6.45, 7) is 8.09. The molecule has 0 unspecified atom stereocenters. The molecular formula is C11H18O6. The van der Waals surface area contributed by atoms with Gasteiger partial charge >= 0.3 is 11.9 Å². The Bertz CT molecular complexity index is 334. The van der Waals surface area contributed by atoms with Crippen LogP contribution in [0.15, 0.2) is 11.3 Å². The highest BCUT2D eigenvalue weighted by molar-refractivity contribution is 5.97. The zero-order valence-electron chi connectivity index (χ0n) is 10.6. The molecule has 0 saturated heterocycles. The third-order valence-corrected chi connectivity index (χ3v) is 1.62. The molecule has 0 radical (unpaired) electrons. The van der Waals surface area contributed by atoms with Crippen molar-refractivity contribution >= 4 is 11.9 Å². The summed E-state index contributed by atoms with van der Waals surface area (Å²) in [6, 6.07) is 0. The molecule has 2 N–H and O–H groups in total. The van der Waals surface area contributed by atoms with E-state index in [-0.39, 0.29) is 5.57 Å². The highest BCUT2D eigenvalue weighted by Crippen LogP contribution is 2.19. The molecule has 98 valence electrons. The van der Waals surface area contributed by atoms with E-state index in [1.807, 2.05) is 0 Å². The molecule has 0 aromatic rings. The summed E-state index contributed by atoms with van der Waals surface area (Å²) >= 11 is 0. The molecule has 0 heterocycles. The number of aliphatic carboxylic acids is 2. The minimum absolute atomic E-state index is 0.332. The standard InChI is InChI=1S/C11H18O6/c1-6(2)7(9(12)13)8(10(14)15)16-17-11(3,4)5/h6H,1-5H3,(H,12,13)(H,14,15). The second-order valence-corrected chi connectivity index (χ2v) is 4.79. The summed E-state index contributed by atoms with van der Waals surface area (Å²) in [5, 5.41) is 17.8. The van der Waals surface area contributed by atoms with Gasteiger partial charge in [0.15, 0.2) is 0 Å². The number of carboxylic acid groups (broad SMARTS) is 2. The fourth-order valence-electron chi connectivity index (χ4n) is 0.969. The first-order chi connectivity index (χ1) is 7.56. The Kier molecular flexibility index (Phi) is 5.15. The van der Waals surface area contributed by atoms with Gasteiger partial charge in [-0.25, -0.2) is 9.59 Å². The highest BCUT2D eigenvalue weighted by Gasteiger charge is 2.27. The molecule has 0 rings (SSSR count). The van der Waals surface area contributed by atoms with Crippen molar-refractivity contribution < 1.29 is 29.6 Å². The molecule has 0 atom stereocenters. The van der Waals surface area contributed by atoms with E-state index in [4.69, 9.17) is 15.1 Å². The summed E-state index contributed by atoms with van der Waals surface area (Å²) < 4.78 is 0. The van der Waals surface area contributed by atoms with Gasteiger partial charge in [-0.15, -0.1) is 0 Å². The number of hydrogen-bond acceptors (Lipinski definition) is 4. The fourth-order valence-corrected chi connectivity index (χ4v) is 0.969. The molecular weight excluding hydrogens is 228 g/mol. The molecule has 0 aliphatic rings. The summed E-state index contributed by atoms with van der Waals surface area (Å²) in [5.74, 6) is -4.00. The van der Waals surface area contributed by atoms with Gasteiger partial charge < -0.3 is 15.1 Å². The SMILES string of the molecule is CC(C)C(C(=O)O)=C(OOC(C)(C)C)C(=O)O. The van der Waals surface area contributed by atoms with Crippen molar-refractivity contribution in [2.24, 2.45) is 5.92 Å². The lowest BCUT2D eigenvalue weighted by Crippen LogP contribution is -2.24. The van der Waals surface area contributed by atoms with Crippen molar-refractivity contribution in [3.8, 4) is 0 Å². The monoisotopic (exact) mass is 246 g/mol. The van der Waals surface area contributed by atoms with Gasteiger partial charge in [0.25, 0.3) is 5.76 Å². The average Bonchev–Trinajstić information content (AvgIpc) is 2.07. The first-order valence-corrected chi connectivity index (χ1v) is 5.12. The van der Waals surface area contributed by atoms with Crippen LogP contribution >= 0.6 is 0 Å². The van der Waals surface area contributed by atoms with Crippen LogP contribution in [0.3, 0.4) is 0 Å². The van der Waals surface area contributed by atoms with E-state index in [9.17, 15) is 9.59 Å². The lowest BCUT2D eigenvalue weighted by atomic mass is 10.0. The van der Waals surface area contributed by atoms with Crippen LogP contribution < -0.4 is 0 Å². The van der Waals surface area contributed by atoms with Crippen LogP contribution in [0, 0.1) is 5.92 Å². The van der Waals surface area contributed by atoms with Gasteiger partial charge in [0, 0.05) is 0 Å². The topological polar surface area (TPSA) is 93.1 Å². The van der Waals surface area contributed by atoms with Gasteiger partial charge in [-0.1, -0.05) is 13.8 Å². The summed E-state index contributed by atoms with van der Waals surface area (Å²) in [7, 11) is 0. The van der Waals surface area contributed by atoms with Crippen LogP contribution in [0.25, 0.3) is 0 Å². The maximum atomic E-state index is 11.0. The van der Waals surface area contributed by atoms with Crippen LogP contribution in [0.5, 0.6) is 0 Å². The highest BCUT2D eigenvalue weighted by atomic mass is 17.2. The van der Waals surface area contributed by atoms with E-state index in [2.05, 4.69) is 4.89 Å². The Labute approximate surface area is 99.8 Å². The van der Waals surface area contributed by atoms with Crippen LogP contribution in [0.4, 0.5) is 0 Å². The number of rotatable bonds is 5. The van der Waals surface area contributed by atoms with Crippen molar-refractivity contribution in [1.82, 2.24) is 0 Å². The molecule has 0 spiro atoms. The molecule has 0 fully saturated rings. The number of carbonyl (C=O) groups is 2. The van der Waals surface area contributed by atoms with Gasteiger partial charge in [0.1, 0.15) is 5.60 Å². The second kappa shape index (κ2) is 5.67. The summed E-state index contributed by atoms with van der Waals surface area (Å²) in [6.07, 6.45) is 0. The average molecular weight is 246 g/mol. The smallest absolute Gasteiger partial charge is 0.375 e. The fraction of sp³-hybridized carbons (Fsp3) is 0.636. The van der Waals surface area contributed by atoms with Crippen molar-refractivity contribution in [3.63, 3.8) is 0 Å². The summed E-state index contributed by atoms with van der Waals surface area (Å²) in [4.78, 5) is 31.4. The van der Waals surface area contributed by atoms with Crippen molar-refractivity contribution in [2.75, 3.05) is 0 Å². The third-order valence-electron chi connectivity index (χ3n) is 1.62. The lowest BCUT2D eigenvalue weighted by Gasteiger charge is -2.19. The Balaban J connectivity index is 5.25. The van der Waals surface area contributed by atoms with Gasteiger partial charge in [-0.2, -0.15) is 4.89 Å². The van der Waals surface area contributed by atoms with Gasteiger partial charge in [0.2, 0.25) is 0 Å². The lowest BCUT2D eigenvalue weighted by molar-refractivity contribution is -0.321. The minimum Gasteiger partial charge on any atom is -0.478 e. The van der Waals surface area contributed by atoms with Gasteiger partial charge in [-0.3, -0.25) is 0 Å². The van der Waals surface area contributed by atoms with E-state index in [1.165, 1.54) is 0 Å². The maximum absolute atomic E-state index is 11.0. The molecule has 17 heavy (non-hydrogen) atoms. The second-order valence-electron chi connectivity index (χ2n) is 4.79. The zero-order chi connectivity index (χ0) is 13.8. The third kappa shape index (κ3) is 5.35. The predicted molar refractivity (Wildman–Crippen MR) is 59.1 cm³/mol. The Morgan fingerprint density at radius 2 is 1.53 bits per heavy atom. The van der Waals surface area contributed by atoms with E-state index >= 15 is 0 Å². The molecule has 0 aromatic carbocycles. The van der Waals surface area contributed by atoms with E-state index < -0.39 is 29.2 Å². The molecule has 0 aliphatic heterocycles. The zero-order valence-corrected chi connectivity index (χ0v) is 10.6. The van der Waals surface area contributed by atoms with Crippen LogP contribution in [0.2, 0.25) is 0 Å². The molecule has 0 saturated carbocycles. The van der Waals surface area contributed by atoms with Crippen molar-refractivity contribution in [1.29, 1.82) is 0 Å². The largest absolute Gasteiger partial charge is 0.478 e. The van der Waals surface area contributed by atoms with E-state index in [0.717, 1.165) is 0 Å². The van der Waals surface area contributed by atoms with Crippen LogP contribution in [-0.2, 0) is 19.4 Å². The first kappa shape index (κ1) is 15.4. The molecule has 6 nitrogen and oxygen atoms in total. The number of hydrogen-bond donors (Lipinski definition) is 2. The first-order valence-electron chi connectivity index (χ1n) is 5.12. The Morgan fingerprint density at radius 3 is 1.76 bits per heavy atom. The predicted octanol–water partition coefficient (Wildman–Crippen LogP) is 1.81. The van der Waals surface area contributed by atoms with Gasteiger partial charge in [0.05, 0.1) is 5.57 Å². The minimum atomic E-state index is -1.47. The van der Waals surface area contributed by atoms with Crippen molar-refractivity contribution in [3.05, 3.63) is 11.3 Å². The molecule has 0 bridgehead atoms. The van der Waals surface area contributed by atoms with Crippen LogP contribution in [0.1, 0.15) is 34.6 Å². The quantitative estimate of drug-likeness (QED) is 0.332. The summed E-state index contributed by atoms with van der Waals surface area (Å²) in [5.41, 5.74) is -1.07. The molecule has 6 heteroatoms. The number of carboxylic acids is 2. The van der Waals surface area contributed by atoms with Gasteiger partial charge in [-0.05, 0) is 26.7 Å². The van der Waals surface area contributed by atoms with Crippen molar-refractivity contribution in [2.45, 2.75) is 40.2 Å². The Hall–Kier alpha value is -1.56. The molecule has 0 aromatic heterocycles.